The predicted molar refractivity (Wildman–Crippen MR) is 124 cm³/mol. The fourth-order valence-electron chi connectivity index (χ4n) is 2.96. The summed E-state index contributed by atoms with van der Waals surface area (Å²) in [5.74, 6) is 0.508. The minimum Gasteiger partial charge on any atom is -0.321 e. The molecular formula is C23H29N3OS2. The van der Waals surface area contributed by atoms with Gasteiger partial charge in [-0.1, -0.05) is 31.5 Å². The second-order valence-corrected chi connectivity index (χ2v) is 10.2. The lowest BCUT2D eigenvalue weighted by Gasteiger charge is -2.21. The van der Waals surface area contributed by atoms with Crippen LogP contribution in [0.25, 0.3) is 0 Å². The van der Waals surface area contributed by atoms with E-state index in [1.807, 2.05) is 47.9 Å². The summed E-state index contributed by atoms with van der Waals surface area (Å²) in [6, 6.07) is 12.2. The van der Waals surface area contributed by atoms with Gasteiger partial charge in [-0.15, -0.1) is 22.7 Å². The maximum Gasteiger partial charge on any atom is 0.275 e. The zero-order valence-electron chi connectivity index (χ0n) is 17.6. The molecule has 0 radical (unpaired) electrons. The highest BCUT2D eigenvalue weighted by molar-refractivity contribution is 7.11. The number of hydrogen-bond acceptors (Lipinski definition) is 5. The largest absolute Gasteiger partial charge is 0.321 e. The summed E-state index contributed by atoms with van der Waals surface area (Å²) in [7, 11) is 0. The number of rotatable bonds is 9. The van der Waals surface area contributed by atoms with Crippen LogP contribution in [0.1, 0.15) is 51.1 Å². The van der Waals surface area contributed by atoms with Gasteiger partial charge in [0.15, 0.2) is 0 Å². The Bertz CT molecular complexity index is 928. The number of thiophene rings is 1. The predicted octanol–water partition coefficient (Wildman–Crippen LogP) is 6.12. The van der Waals surface area contributed by atoms with Gasteiger partial charge in [0.05, 0.1) is 6.54 Å². The van der Waals surface area contributed by atoms with E-state index < -0.39 is 0 Å². The lowest BCUT2D eigenvalue weighted by molar-refractivity contribution is 0.102. The van der Waals surface area contributed by atoms with Crippen molar-refractivity contribution in [2.24, 2.45) is 5.92 Å². The SMILES string of the molecule is Cc1ccc(NC(=O)c2csc(CN(CCC(C)C)Cc3ccc(C)s3)n2)cc1. The summed E-state index contributed by atoms with van der Waals surface area (Å²) in [5.41, 5.74) is 2.45. The van der Waals surface area contributed by atoms with Gasteiger partial charge in [0.2, 0.25) is 0 Å². The Morgan fingerprint density at radius 3 is 2.52 bits per heavy atom. The van der Waals surface area contributed by atoms with E-state index in [4.69, 9.17) is 0 Å². The molecule has 6 heteroatoms. The molecule has 3 aromatic rings. The van der Waals surface area contributed by atoms with Crippen molar-refractivity contribution in [2.75, 3.05) is 11.9 Å². The van der Waals surface area contributed by atoms with Crippen LogP contribution in [0, 0.1) is 19.8 Å². The summed E-state index contributed by atoms with van der Waals surface area (Å²) < 4.78 is 0. The Kier molecular flexibility index (Phi) is 7.58. The minimum atomic E-state index is -0.154. The van der Waals surface area contributed by atoms with Gasteiger partial charge in [0.1, 0.15) is 10.7 Å². The average Bonchev–Trinajstić information content (AvgIpc) is 3.30. The second-order valence-electron chi connectivity index (χ2n) is 7.85. The van der Waals surface area contributed by atoms with Gasteiger partial charge in [-0.25, -0.2) is 4.98 Å². The van der Waals surface area contributed by atoms with Crippen molar-refractivity contribution < 1.29 is 4.79 Å². The molecule has 0 saturated heterocycles. The number of thiazole rings is 1. The van der Waals surface area contributed by atoms with Crippen LogP contribution in [0.3, 0.4) is 0 Å². The van der Waals surface area contributed by atoms with Crippen LogP contribution >= 0.6 is 22.7 Å². The van der Waals surface area contributed by atoms with E-state index in [0.717, 1.165) is 36.8 Å². The maximum absolute atomic E-state index is 12.5. The fraction of sp³-hybridized carbons (Fsp3) is 0.391. The van der Waals surface area contributed by atoms with Crippen LogP contribution in [0.5, 0.6) is 0 Å². The van der Waals surface area contributed by atoms with Crippen LogP contribution < -0.4 is 5.32 Å². The lowest BCUT2D eigenvalue weighted by Crippen LogP contribution is -2.24. The fourth-order valence-corrected chi connectivity index (χ4v) is 4.70. The lowest BCUT2D eigenvalue weighted by atomic mass is 10.1. The van der Waals surface area contributed by atoms with Crippen LogP contribution in [0.4, 0.5) is 5.69 Å². The van der Waals surface area contributed by atoms with Crippen LogP contribution in [0.2, 0.25) is 0 Å². The summed E-state index contributed by atoms with van der Waals surface area (Å²) in [6.07, 6.45) is 1.15. The zero-order chi connectivity index (χ0) is 20.8. The third-order valence-electron chi connectivity index (χ3n) is 4.65. The highest BCUT2D eigenvalue weighted by atomic mass is 32.1. The molecule has 0 fully saturated rings. The van der Waals surface area contributed by atoms with Gasteiger partial charge in [-0.3, -0.25) is 9.69 Å². The van der Waals surface area contributed by atoms with Crippen LogP contribution in [0.15, 0.2) is 41.8 Å². The molecule has 154 valence electrons. The van der Waals surface area contributed by atoms with E-state index in [9.17, 15) is 4.79 Å². The molecule has 0 atom stereocenters. The molecule has 2 heterocycles. The van der Waals surface area contributed by atoms with Crippen LogP contribution in [-0.2, 0) is 13.1 Å². The van der Waals surface area contributed by atoms with E-state index in [1.165, 1.54) is 15.3 Å². The first kappa shape index (κ1) is 21.7. The van der Waals surface area contributed by atoms with E-state index in [2.05, 4.69) is 48.1 Å². The number of carbonyl (C=O) groups excluding carboxylic acids is 1. The van der Waals surface area contributed by atoms with Gasteiger partial charge in [0.25, 0.3) is 5.91 Å². The molecule has 3 rings (SSSR count). The second kappa shape index (κ2) is 10.1. The Morgan fingerprint density at radius 1 is 1.10 bits per heavy atom. The molecule has 1 N–H and O–H groups in total. The normalized spacial score (nSPS) is 11.4. The minimum absolute atomic E-state index is 0.154. The highest BCUT2D eigenvalue weighted by Gasteiger charge is 2.15. The molecule has 0 aliphatic heterocycles. The third-order valence-corrected chi connectivity index (χ3v) is 6.47. The smallest absolute Gasteiger partial charge is 0.275 e. The van der Waals surface area contributed by atoms with E-state index in [0.29, 0.717) is 11.6 Å². The van der Waals surface area contributed by atoms with Gasteiger partial charge in [-0.05, 0) is 57.0 Å². The molecule has 0 bridgehead atoms. The molecule has 29 heavy (non-hydrogen) atoms. The molecule has 0 saturated carbocycles. The summed E-state index contributed by atoms with van der Waals surface area (Å²) in [6.45, 7) is 11.4. The number of aryl methyl sites for hydroxylation is 2. The molecular weight excluding hydrogens is 398 g/mol. The van der Waals surface area contributed by atoms with E-state index in [-0.39, 0.29) is 5.91 Å². The van der Waals surface area contributed by atoms with Crippen molar-refractivity contribution in [3.8, 4) is 0 Å². The number of amides is 1. The molecule has 4 nitrogen and oxygen atoms in total. The molecule has 0 aliphatic rings. The number of nitrogens with one attached hydrogen (secondary N) is 1. The van der Waals surface area contributed by atoms with Gasteiger partial charge < -0.3 is 5.32 Å². The van der Waals surface area contributed by atoms with Gasteiger partial charge in [-0.2, -0.15) is 0 Å². The van der Waals surface area contributed by atoms with E-state index in [1.54, 1.807) is 11.3 Å². The van der Waals surface area contributed by atoms with E-state index >= 15 is 0 Å². The van der Waals surface area contributed by atoms with Crippen molar-refractivity contribution in [3.63, 3.8) is 0 Å². The van der Waals surface area contributed by atoms with Gasteiger partial charge in [0, 0.05) is 27.4 Å². The number of anilines is 1. The van der Waals surface area contributed by atoms with Crippen molar-refractivity contribution in [1.29, 1.82) is 0 Å². The molecule has 1 aromatic carbocycles. The number of benzene rings is 1. The molecule has 0 unspecified atom stereocenters. The summed E-state index contributed by atoms with van der Waals surface area (Å²) in [4.78, 5) is 22.3. The Hall–Kier alpha value is -2.02. The number of aromatic nitrogens is 1. The summed E-state index contributed by atoms with van der Waals surface area (Å²) >= 11 is 3.41. The number of hydrogen-bond donors (Lipinski definition) is 1. The maximum atomic E-state index is 12.5. The molecule has 0 spiro atoms. The van der Waals surface area contributed by atoms with Crippen molar-refractivity contribution in [2.45, 2.75) is 47.2 Å². The summed E-state index contributed by atoms with van der Waals surface area (Å²) in [5, 5.41) is 5.77. The monoisotopic (exact) mass is 427 g/mol. The number of carbonyl (C=O) groups is 1. The quantitative estimate of drug-likeness (QED) is 0.447. The standard InChI is InChI=1S/C23H29N3OS2/c1-16(2)11-12-26(13-20-10-7-18(4)29-20)14-22-25-21(15-28-22)23(27)24-19-8-5-17(3)6-9-19/h5-10,15-16H,11-14H2,1-4H3,(H,24,27). The van der Waals surface area contributed by atoms with Gasteiger partial charge >= 0.3 is 0 Å². The first-order valence-electron chi connectivity index (χ1n) is 9.99. The van der Waals surface area contributed by atoms with Crippen molar-refractivity contribution >= 4 is 34.3 Å². The molecule has 1 amide bonds. The van der Waals surface area contributed by atoms with Crippen molar-refractivity contribution in [1.82, 2.24) is 9.88 Å². The zero-order valence-corrected chi connectivity index (χ0v) is 19.2. The highest BCUT2D eigenvalue weighted by Crippen LogP contribution is 2.21. The topological polar surface area (TPSA) is 45.2 Å². The Balaban J connectivity index is 1.64. The molecule has 0 aliphatic carbocycles. The first-order chi connectivity index (χ1) is 13.9. The molecule has 2 aromatic heterocycles. The third kappa shape index (κ3) is 6.77. The Morgan fingerprint density at radius 2 is 1.86 bits per heavy atom. The first-order valence-corrected chi connectivity index (χ1v) is 11.7. The average molecular weight is 428 g/mol. The van der Waals surface area contributed by atoms with Crippen molar-refractivity contribution in [3.05, 3.63) is 67.8 Å². The number of nitrogens with zero attached hydrogens (tertiary/aromatic N) is 2. The van der Waals surface area contributed by atoms with Crippen LogP contribution in [-0.4, -0.2) is 22.3 Å². The Labute approximate surface area is 181 Å².